The SMILES string of the molecule is CCCCCCCCCCC(O)CCCCCC(C)O. The van der Waals surface area contributed by atoms with Gasteiger partial charge < -0.3 is 10.2 Å². The number of hydrogen-bond acceptors (Lipinski definition) is 2. The highest BCUT2D eigenvalue weighted by molar-refractivity contribution is 4.58. The summed E-state index contributed by atoms with van der Waals surface area (Å²) in [4.78, 5) is 0. The first-order valence-electron chi connectivity index (χ1n) is 9.03. The van der Waals surface area contributed by atoms with Crippen molar-refractivity contribution in [1.82, 2.24) is 0 Å². The maximum absolute atomic E-state index is 9.88. The first-order valence-corrected chi connectivity index (χ1v) is 9.03. The van der Waals surface area contributed by atoms with Gasteiger partial charge in [0.1, 0.15) is 0 Å². The third-order valence-corrected chi connectivity index (χ3v) is 4.05. The largest absolute Gasteiger partial charge is 0.393 e. The smallest absolute Gasteiger partial charge is 0.0540 e. The Hall–Kier alpha value is -0.0800. The summed E-state index contributed by atoms with van der Waals surface area (Å²) in [7, 11) is 0. The average Bonchev–Trinajstić information content (AvgIpc) is 2.41. The molecule has 122 valence electrons. The van der Waals surface area contributed by atoms with Gasteiger partial charge in [-0.3, -0.25) is 0 Å². The molecule has 0 fully saturated rings. The first kappa shape index (κ1) is 19.9. The van der Waals surface area contributed by atoms with E-state index in [4.69, 9.17) is 5.11 Å². The third-order valence-electron chi connectivity index (χ3n) is 4.05. The zero-order chi connectivity index (χ0) is 15.1. The number of rotatable bonds is 15. The number of aliphatic hydroxyl groups excluding tert-OH is 2. The van der Waals surface area contributed by atoms with Crippen LogP contribution in [0, 0.1) is 0 Å². The van der Waals surface area contributed by atoms with Crippen LogP contribution in [0.5, 0.6) is 0 Å². The van der Waals surface area contributed by atoms with Gasteiger partial charge >= 0.3 is 0 Å². The number of hydrogen-bond donors (Lipinski definition) is 2. The molecule has 0 radical (unpaired) electrons. The van der Waals surface area contributed by atoms with Gasteiger partial charge in [-0.05, 0) is 26.2 Å². The van der Waals surface area contributed by atoms with Crippen LogP contribution in [-0.4, -0.2) is 22.4 Å². The summed E-state index contributed by atoms with van der Waals surface area (Å²) in [6, 6.07) is 0. The van der Waals surface area contributed by atoms with Crippen LogP contribution in [0.3, 0.4) is 0 Å². The Morgan fingerprint density at radius 1 is 0.600 bits per heavy atom. The molecule has 2 unspecified atom stereocenters. The van der Waals surface area contributed by atoms with Crippen LogP contribution in [0.1, 0.15) is 104 Å². The van der Waals surface area contributed by atoms with Crippen LogP contribution in [0.2, 0.25) is 0 Å². The van der Waals surface area contributed by atoms with Gasteiger partial charge in [0.2, 0.25) is 0 Å². The van der Waals surface area contributed by atoms with Crippen molar-refractivity contribution in [3.8, 4) is 0 Å². The van der Waals surface area contributed by atoms with Crippen molar-refractivity contribution < 1.29 is 10.2 Å². The summed E-state index contributed by atoms with van der Waals surface area (Å²) in [5, 5.41) is 19.0. The van der Waals surface area contributed by atoms with Gasteiger partial charge in [-0.1, -0.05) is 77.6 Å². The van der Waals surface area contributed by atoms with Crippen LogP contribution in [0.25, 0.3) is 0 Å². The molecule has 0 aliphatic carbocycles. The monoisotopic (exact) mass is 286 g/mol. The molecule has 2 N–H and O–H groups in total. The molecule has 0 aliphatic rings. The van der Waals surface area contributed by atoms with Gasteiger partial charge in [0.25, 0.3) is 0 Å². The summed E-state index contributed by atoms with van der Waals surface area (Å²) in [5.74, 6) is 0. The van der Waals surface area contributed by atoms with Gasteiger partial charge in [-0.25, -0.2) is 0 Å². The van der Waals surface area contributed by atoms with Crippen molar-refractivity contribution in [3.05, 3.63) is 0 Å². The molecule has 0 aliphatic heterocycles. The minimum atomic E-state index is -0.169. The maximum Gasteiger partial charge on any atom is 0.0540 e. The fraction of sp³-hybridized carbons (Fsp3) is 1.00. The molecule has 0 aromatic carbocycles. The Balaban J connectivity index is 3.14. The van der Waals surface area contributed by atoms with Gasteiger partial charge in [0.05, 0.1) is 12.2 Å². The summed E-state index contributed by atoms with van der Waals surface area (Å²) < 4.78 is 0. The van der Waals surface area contributed by atoms with Gasteiger partial charge in [-0.2, -0.15) is 0 Å². The zero-order valence-corrected chi connectivity index (χ0v) is 13.9. The van der Waals surface area contributed by atoms with E-state index in [2.05, 4.69) is 6.92 Å². The molecular formula is C18H38O2. The molecule has 2 heteroatoms. The van der Waals surface area contributed by atoms with E-state index in [-0.39, 0.29) is 12.2 Å². The van der Waals surface area contributed by atoms with E-state index >= 15 is 0 Å². The van der Waals surface area contributed by atoms with E-state index in [0.29, 0.717) is 0 Å². The van der Waals surface area contributed by atoms with E-state index in [1.165, 1.54) is 51.4 Å². The van der Waals surface area contributed by atoms with Crippen molar-refractivity contribution in [1.29, 1.82) is 0 Å². The van der Waals surface area contributed by atoms with Crippen LogP contribution in [-0.2, 0) is 0 Å². The lowest BCUT2D eigenvalue weighted by Gasteiger charge is -2.10. The molecule has 0 saturated carbocycles. The lowest BCUT2D eigenvalue weighted by Crippen LogP contribution is -2.06. The van der Waals surface area contributed by atoms with Gasteiger partial charge in [0.15, 0.2) is 0 Å². The molecule has 0 aromatic heterocycles. The molecule has 0 heterocycles. The highest BCUT2D eigenvalue weighted by atomic mass is 16.3. The molecule has 0 bridgehead atoms. The van der Waals surface area contributed by atoms with E-state index in [1.54, 1.807) is 0 Å². The van der Waals surface area contributed by atoms with Crippen LogP contribution in [0.15, 0.2) is 0 Å². The second-order valence-electron chi connectivity index (χ2n) is 6.40. The van der Waals surface area contributed by atoms with Crippen molar-refractivity contribution >= 4 is 0 Å². The van der Waals surface area contributed by atoms with Crippen LogP contribution < -0.4 is 0 Å². The highest BCUT2D eigenvalue weighted by Crippen LogP contribution is 2.14. The van der Waals surface area contributed by atoms with Gasteiger partial charge in [-0.15, -0.1) is 0 Å². The maximum atomic E-state index is 9.88. The summed E-state index contributed by atoms with van der Waals surface area (Å²) in [6.45, 7) is 4.10. The average molecular weight is 286 g/mol. The minimum absolute atomic E-state index is 0.0957. The molecular weight excluding hydrogens is 248 g/mol. The Morgan fingerprint density at radius 2 is 1.00 bits per heavy atom. The predicted octanol–water partition coefficient (Wildman–Crippen LogP) is 5.21. The van der Waals surface area contributed by atoms with Crippen molar-refractivity contribution in [2.24, 2.45) is 0 Å². The summed E-state index contributed by atoms with van der Waals surface area (Å²) in [6.07, 6.45) is 16.5. The molecule has 2 nitrogen and oxygen atoms in total. The van der Waals surface area contributed by atoms with Crippen molar-refractivity contribution in [2.75, 3.05) is 0 Å². The lowest BCUT2D eigenvalue weighted by molar-refractivity contribution is 0.145. The van der Waals surface area contributed by atoms with E-state index in [0.717, 1.165) is 38.5 Å². The fourth-order valence-corrected chi connectivity index (χ4v) is 2.65. The summed E-state index contributed by atoms with van der Waals surface area (Å²) in [5.41, 5.74) is 0. The second kappa shape index (κ2) is 15.3. The molecule has 0 rings (SSSR count). The van der Waals surface area contributed by atoms with Crippen LogP contribution in [0.4, 0.5) is 0 Å². The molecule has 0 spiro atoms. The van der Waals surface area contributed by atoms with Crippen molar-refractivity contribution in [2.45, 2.75) is 116 Å². The fourth-order valence-electron chi connectivity index (χ4n) is 2.65. The van der Waals surface area contributed by atoms with Crippen LogP contribution >= 0.6 is 0 Å². The Kier molecular flexibility index (Phi) is 15.3. The quantitative estimate of drug-likeness (QED) is 0.406. The number of aliphatic hydroxyl groups is 2. The zero-order valence-electron chi connectivity index (χ0n) is 13.9. The number of unbranched alkanes of at least 4 members (excludes halogenated alkanes) is 9. The molecule has 20 heavy (non-hydrogen) atoms. The van der Waals surface area contributed by atoms with E-state index in [9.17, 15) is 5.11 Å². The standard InChI is InChI=1S/C18H38O2/c1-3-4-5-6-7-8-9-12-15-18(20)16-13-10-11-14-17(2)19/h17-20H,3-16H2,1-2H3. The predicted molar refractivity (Wildman–Crippen MR) is 88.0 cm³/mol. The second-order valence-corrected chi connectivity index (χ2v) is 6.40. The van der Waals surface area contributed by atoms with E-state index in [1.807, 2.05) is 6.92 Å². The molecule has 2 atom stereocenters. The Morgan fingerprint density at radius 3 is 1.50 bits per heavy atom. The first-order chi connectivity index (χ1) is 9.66. The highest BCUT2D eigenvalue weighted by Gasteiger charge is 2.04. The van der Waals surface area contributed by atoms with E-state index < -0.39 is 0 Å². The normalized spacial score (nSPS) is 14.4. The lowest BCUT2D eigenvalue weighted by atomic mass is 10.0. The van der Waals surface area contributed by atoms with Crippen molar-refractivity contribution in [3.63, 3.8) is 0 Å². The Bertz CT molecular complexity index is 180. The molecule has 0 saturated heterocycles. The third kappa shape index (κ3) is 16.0. The molecule has 0 aromatic rings. The van der Waals surface area contributed by atoms with Gasteiger partial charge in [0, 0.05) is 0 Å². The summed E-state index contributed by atoms with van der Waals surface area (Å²) >= 11 is 0. The Labute approximate surface area is 127 Å². The molecule has 0 amide bonds. The minimum Gasteiger partial charge on any atom is -0.393 e. The topological polar surface area (TPSA) is 40.5 Å².